The molecule has 1 aliphatic heterocycles. The van der Waals surface area contributed by atoms with Crippen molar-refractivity contribution < 1.29 is 18.6 Å². The van der Waals surface area contributed by atoms with E-state index in [0.717, 1.165) is 38.5 Å². The third-order valence-corrected chi connectivity index (χ3v) is 7.53. The maximum atomic E-state index is 5.79. The maximum absolute atomic E-state index is 5.79. The van der Waals surface area contributed by atoms with Crippen molar-refractivity contribution in [3.05, 3.63) is 0 Å². The molecular weight excluding hydrogens is 236 g/mol. The first-order chi connectivity index (χ1) is 8.26. The predicted molar refractivity (Wildman–Crippen MR) is 69.7 cm³/mol. The summed E-state index contributed by atoms with van der Waals surface area (Å²) in [7, 11) is 1.93. The molecule has 0 bridgehead atoms. The van der Waals surface area contributed by atoms with Crippen LogP contribution in [-0.2, 0) is 18.6 Å². The Labute approximate surface area is 106 Å². The van der Waals surface area contributed by atoms with E-state index >= 15 is 0 Å². The highest BCUT2D eigenvalue weighted by Gasteiger charge is 2.32. The Hall–Kier alpha value is 0.0569. The summed E-state index contributed by atoms with van der Waals surface area (Å²) < 4.78 is 21.8. The smallest absolute Gasteiger partial charge is 0.217 e. The van der Waals surface area contributed by atoms with Crippen LogP contribution in [0.2, 0.25) is 12.1 Å². The molecule has 0 spiro atoms. The summed E-state index contributed by atoms with van der Waals surface area (Å²) in [6, 6.07) is 2.29. The summed E-state index contributed by atoms with van der Waals surface area (Å²) in [4.78, 5) is 0. The van der Waals surface area contributed by atoms with Crippen LogP contribution in [0.1, 0.15) is 19.8 Å². The first kappa shape index (κ1) is 15.1. The fourth-order valence-corrected chi connectivity index (χ4v) is 5.42. The molecule has 1 heterocycles. The van der Waals surface area contributed by atoms with Crippen molar-refractivity contribution in [3.8, 4) is 0 Å². The summed E-state index contributed by atoms with van der Waals surface area (Å²) in [6.45, 7) is 4.64. The SMILES string of the molecule is CCC[Si](CCCOCC1CO1)(COC)OC. The molecule has 0 radical (unpaired) electrons. The Morgan fingerprint density at radius 1 is 1.29 bits per heavy atom. The fourth-order valence-electron chi connectivity index (χ4n) is 2.13. The van der Waals surface area contributed by atoms with Crippen molar-refractivity contribution in [2.75, 3.05) is 40.3 Å². The molecule has 2 atom stereocenters. The number of rotatable bonds is 11. The standard InChI is InChI=1S/C12H26O4Si/c1-4-7-17(14-3,11-13-2)8-5-6-15-9-12-10-16-12/h12H,4-11H2,1-3H3. The second kappa shape index (κ2) is 8.21. The van der Waals surface area contributed by atoms with Crippen LogP contribution in [0.5, 0.6) is 0 Å². The lowest BCUT2D eigenvalue weighted by Gasteiger charge is -2.28. The highest BCUT2D eigenvalue weighted by atomic mass is 28.4. The molecular formula is C12H26O4Si. The molecule has 0 aromatic carbocycles. The lowest BCUT2D eigenvalue weighted by atomic mass is 10.5. The number of ether oxygens (including phenoxy) is 3. The Morgan fingerprint density at radius 3 is 2.59 bits per heavy atom. The van der Waals surface area contributed by atoms with Crippen LogP contribution in [0.4, 0.5) is 0 Å². The van der Waals surface area contributed by atoms with Crippen LogP contribution in [0.3, 0.4) is 0 Å². The zero-order valence-corrected chi connectivity index (χ0v) is 12.4. The van der Waals surface area contributed by atoms with Gasteiger partial charge in [-0.2, -0.15) is 0 Å². The van der Waals surface area contributed by atoms with E-state index in [4.69, 9.17) is 18.6 Å². The number of epoxide rings is 1. The van der Waals surface area contributed by atoms with Gasteiger partial charge in [-0.25, -0.2) is 0 Å². The molecule has 4 nitrogen and oxygen atoms in total. The first-order valence-electron chi connectivity index (χ1n) is 6.50. The Kier molecular flexibility index (Phi) is 7.30. The highest BCUT2D eigenvalue weighted by Crippen LogP contribution is 2.21. The second-order valence-corrected chi connectivity index (χ2v) is 8.77. The minimum absolute atomic E-state index is 0.369. The van der Waals surface area contributed by atoms with Gasteiger partial charge in [-0.15, -0.1) is 0 Å². The average molecular weight is 262 g/mol. The highest BCUT2D eigenvalue weighted by molar-refractivity contribution is 6.73. The maximum Gasteiger partial charge on any atom is 0.217 e. The van der Waals surface area contributed by atoms with Crippen molar-refractivity contribution in [1.82, 2.24) is 0 Å². The van der Waals surface area contributed by atoms with Crippen molar-refractivity contribution in [1.29, 1.82) is 0 Å². The summed E-state index contributed by atoms with van der Waals surface area (Å²) in [6.07, 6.45) is 3.40. The van der Waals surface area contributed by atoms with Gasteiger partial charge >= 0.3 is 0 Å². The topological polar surface area (TPSA) is 40.2 Å². The zero-order chi connectivity index (χ0) is 12.6. The lowest BCUT2D eigenvalue weighted by Crippen LogP contribution is -2.42. The zero-order valence-electron chi connectivity index (χ0n) is 11.4. The van der Waals surface area contributed by atoms with Crippen LogP contribution in [0.15, 0.2) is 0 Å². The van der Waals surface area contributed by atoms with Crippen LogP contribution in [-0.4, -0.2) is 54.7 Å². The van der Waals surface area contributed by atoms with E-state index in [0.29, 0.717) is 6.10 Å². The normalized spacial score (nSPS) is 22.4. The van der Waals surface area contributed by atoms with Crippen LogP contribution in [0, 0.1) is 0 Å². The Morgan fingerprint density at radius 2 is 2.06 bits per heavy atom. The van der Waals surface area contributed by atoms with E-state index in [9.17, 15) is 0 Å². The molecule has 1 fully saturated rings. The molecule has 2 unspecified atom stereocenters. The van der Waals surface area contributed by atoms with Gasteiger partial charge in [-0.3, -0.25) is 0 Å². The number of hydrogen-bond donors (Lipinski definition) is 0. The predicted octanol–water partition coefficient (Wildman–Crippen LogP) is 1.98. The van der Waals surface area contributed by atoms with Gasteiger partial charge in [-0.05, 0) is 18.5 Å². The summed E-state index contributed by atoms with van der Waals surface area (Å²) in [5.74, 6) is 0. The van der Waals surface area contributed by atoms with E-state index in [-0.39, 0.29) is 0 Å². The molecule has 5 heteroatoms. The minimum atomic E-state index is -1.66. The molecule has 1 saturated heterocycles. The van der Waals surface area contributed by atoms with Crippen molar-refractivity contribution in [2.24, 2.45) is 0 Å². The first-order valence-corrected chi connectivity index (χ1v) is 9.02. The molecule has 0 N–H and O–H groups in total. The third kappa shape index (κ3) is 5.97. The van der Waals surface area contributed by atoms with Gasteiger partial charge in [0.25, 0.3) is 0 Å². The van der Waals surface area contributed by atoms with Gasteiger partial charge in [-0.1, -0.05) is 13.3 Å². The van der Waals surface area contributed by atoms with Gasteiger partial charge < -0.3 is 18.6 Å². The van der Waals surface area contributed by atoms with Crippen LogP contribution >= 0.6 is 0 Å². The van der Waals surface area contributed by atoms with Gasteiger partial charge in [0.05, 0.1) is 19.4 Å². The van der Waals surface area contributed by atoms with Crippen LogP contribution in [0.25, 0.3) is 0 Å². The van der Waals surface area contributed by atoms with E-state index < -0.39 is 8.32 Å². The van der Waals surface area contributed by atoms with Gasteiger partial charge in [0.1, 0.15) is 6.10 Å². The van der Waals surface area contributed by atoms with E-state index in [1.54, 1.807) is 7.11 Å². The Balaban J connectivity index is 2.16. The van der Waals surface area contributed by atoms with Gasteiger partial charge in [0.15, 0.2) is 0 Å². The van der Waals surface area contributed by atoms with Crippen molar-refractivity contribution >= 4 is 8.32 Å². The quantitative estimate of drug-likeness (QED) is 0.324. The average Bonchev–Trinajstić information content (AvgIpc) is 3.13. The lowest BCUT2D eigenvalue weighted by molar-refractivity contribution is 0.115. The molecule has 0 aromatic rings. The van der Waals surface area contributed by atoms with Crippen molar-refractivity contribution in [3.63, 3.8) is 0 Å². The summed E-state index contributed by atoms with van der Waals surface area (Å²) in [5, 5.41) is 0. The van der Waals surface area contributed by atoms with Gasteiger partial charge in [0.2, 0.25) is 8.32 Å². The molecule has 1 rings (SSSR count). The number of hydrogen-bond acceptors (Lipinski definition) is 4. The van der Waals surface area contributed by atoms with Crippen molar-refractivity contribution in [2.45, 2.75) is 38.0 Å². The molecule has 0 aliphatic carbocycles. The largest absolute Gasteiger partial charge is 0.418 e. The number of methoxy groups -OCH3 is 1. The monoisotopic (exact) mass is 262 g/mol. The van der Waals surface area contributed by atoms with E-state index in [1.807, 2.05) is 7.11 Å². The molecule has 0 amide bonds. The molecule has 17 heavy (non-hydrogen) atoms. The summed E-state index contributed by atoms with van der Waals surface area (Å²) >= 11 is 0. The third-order valence-electron chi connectivity index (χ3n) is 3.17. The van der Waals surface area contributed by atoms with Gasteiger partial charge in [0, 0.05) is 20.8 Å². The second-order valence-electron chi connectivity index (χ2n) is 4.70. The fraction of sp³-hybridized carbons (Fsp3) is 1.00. The summed E-state index contributed by atoms with van der Waals surface area (Å²) in [5.41, 5.74) is 0. The molecule has 1 aliphatic rings. The minimum Gasteiger partial charge on any atom is -0.418 e. The molecule has 0 aromatic heterocycles. The van der Waals surface area contributed by atoms with Crippen LogP contribution < -0.4 is 0 Å². The molecule has 0 saturated carbocycles. The molecule has 102 valence electrons. The van der Waals surface area contributed by atoms with E-state index in [2.05, 4.69) is 6.92 Å². The Bertz CT molecular complexity index is 191. The van der Waals surface area contributed by atoms with E-state index in [1.165, 1.54) is 12.5 Å².